The summed E-state index contributed by atoms with van der Waals surface area (Å²) < 4.78 is 25.8. The molecule has 270 valence electrons. The Bertz CT molecular complexity index is 2230. The molecule has 0 aliphatic carbocycles. The largest absolute Gasteiger partial charge is 0.472 e. The zero-order valence-electron chi connectivity index (χ0n) is 29.8. The van der Waals surface area contributed by atoms with Crippen LogP contribution in [0.4, 0.5) is 4.39 Å². The van der Waals surface area contributed by atoms with Crippen molar-refractivity contribution in [3.8, 4) is 23.1 Å². The molecule has 0 unspecified atom stereocenters. The van der Waals surface area contributed by atoms with Gasteiger partial charge in [-0.15, -0.1) is 0 Å². The van der Waals surface area contributed by atoms with Gasteiger partial charge >= 0.3 is 0 Å². The fourth-order valence-corrected chi connectivity index (χ4v) is 8.63. The number of carbonyl (C=O) groups excluding carboxylic acids is 1. The highest BCUT2D eigenvalue weighted by Gasteiger charge is 2.35. The lowest BCUT2D eigenvalue weighted by atomic mass is 9.94. The quantitative estimate of drug-likeness (QED) is 0.141. The summed E-state index contributed by atoms with van der Waals surface area (Å²) in [4.78, 5) is 24.2. The molecule has 4 heterocycles. The third-order valence-corrected chi connectivity index (χ3v) is 11.2. The maximum Gasteiger partial charge on any atom is 0.246 e. The number of fused-ring (bicyclic) bond motifs is 4. The number of amides is 1. The highest BCUT2D eigenvalue weighted by Crippen LogP contribution is 2.44. The molecule has 52 heavy (non-hydrogen) atoms. The molecule has 2 fully saturated rings. The van der Waals surface area contributed by atoms with Crippen LogP contribution in [0.15, 0.2) is 60.8 Å². The van der Waals surface area contributed by atoms with E-state index in [9.17, 15) is 10.1 Å². The number of halogens is 3. The van der Waals surface area contributed by atoms with Gasteiger partial charge in [0.25, 0.3) is 0 Å². The number of hydrogen-bond donors (Lipinski definition) is 0. The molecule has 2 saturated heterocycles. The van der Waals surface area contributed by atoms with Crippen LogP contribution in [0.25, 0.3) is 43.7 Å². The monoisotopic (exact) mass is 741 g/mol. The molecule has 9 nitrogen and oxygen atoms in total. The van der Waals surface area contributed by atoms with Crippen LogP contribution in [0, 0.1) is 17.1 Å². The molecule has 2 aromatic heterocycles. The average Bonchev–Trinajstić information content (AvgIpc) is 3.76. The molecule has 5 aromatic rings. The van der Waals surface area contributed by atoms with E-state index >= 15 is 4.39 Å². The van der Waals surface area contributed by atoms with Crippen LogP contribution in [0.5, 0.6) is 5.88 Å². The third-order valence-electron chi connectivity index (χ3n) is 10.6. The fraction of sp³-hybridized carbons (Fsp3) is 0.400. The van der Waals surface area contributed by atoms with Gasteiger partial charge in [-0.3, -0.25) is 14.4 Å². The van der Waals surface area contributed by atoms with Crippen molar-refractivity contribution in [1.82, 2.24) is 29.5 Å². The van der Waals surface area contributed by atoms with E-state index in [0.717, 1.165) is 24.8 Å². The van der Waals surface area contributed by atoms with Gasteiger partial charge < -0.3 is 14.5 Å². The molecule has 0 radical (unpaired) electrons. The summed E-state index contributed by atoms with van der Waals surface area (Å²) in [6, 6.07) is 14.9. The molecule has 0 spiro atoms. The summed E-state index contributed by atoms with van der Waals surface area (Å²) in [7, 11) is 5.97. The second-order valence-electron chi connectivity index (χ2n) is 14.3. The second kappa shape index (κ2) is 15.0. The van der Waals surface area contributed by atoms with Crippen molar-refractivity contribution in [2.75, 3.05) is 40.8 Å². The van der Waals surface area contributed by atoms with Crippen molar-refractivity contribution in [3.63, 3.8) is 0 Å². The second-order valence-corrected chi connectivity index (χ2v) is 15.1. The van der Waals surface area contributed by atoms with Crippen LogP contribution in [-0.2, 0) is 4.79 Å². The Morgan fingerprint density at radius 3 is 2.67 bits per heavy atom. The molecule has 1 amide bonds. The molecule has 2 aliphatic heterocycles. The first-order valence-electron chi connectivity index (χ1n) is 17.8. The van der Waals surface area contributed by atoms with Crippen LogP contribution in [-0.4, -0.2) is 94.3 Å². The number of nitriles is 1. The summed E-state index contributed by atoms with van der Waals surface area (Å²) in [6.45, 7) is 4.10. The minimum absolute atomic E-state index is 0.114. The molecule has 0 bridgehead atoms. The van der Waals surface area contributed by atoms with Crippen molar-refractivity contribution >= 4 is 61.7 Å². The number of hydrogen-bond acceptors (Lipinski definition) is 7. The van der Waals surface area contributed by atoms with Crippen molar-refractivity contribution in [1.29, 1.82) is 5.26 Å². The zero-order chi connectivity index (χ0) is 36.7. The lowest BCUT2D eigenvalue weighted by molar-refractivity contribution is -0.130. The molecule has 0 N–H and O–H groups in total. The van der Waals surface area contributed by atoms with E-state index in [1.807, 2.05) is 67.0 Å². The van der Waals surface area contributed by atoms with E-state index in [4.69, 9.17) is 38.0 Å². The van der Waals surface area contributed by atoms with Crippen LogP contribution in [0.3, 0.4) is 0 Å². The Balaban J connectivity index is 1.36. The van der Waals surface area contributed by atoms with E-state index < -0.39 is 5.82 Å². The van der Waals surface area contributed by atoms with Crippen molar-refractivity contribution in [2.24, 2.45) is 0 Å². The maximum absolute atomic E-state index is 17.2. The Morgan fingerprint density at radius 2 is 1.94 bits per heavy atom. The number of rotatable bonds is 9. The molecule has 0 saturated carbocycles. The minimum atomic E-state index is -0.577. The summed E-state index contributed by atoms with van der Waals surface area (Å²) in [5, 5.41) is 18.1. The SMILES string of the molecule is C[C@H](Oc1nc2c(F)c(-c3cccc4cccc(Cl)c34)c(Cl)cc2c2c1cnn2[C@H]1CCN(C(=O)/C=C/CN(C)C)[C@H](CC#N)C1)[C@@H]1CCCN1C. The number of likely N-dealkylation sites (N-methyl/N-ethyl adjacent to an activating group) is 2. The zero-order valence-corrected chi connectivity index (χ0v) is 31.3. The molecular weight excluding hydrogens is 700 g/mol. The van der Waals surface area contributed by atoms with Crippen molar-refractivity contribution in [2.45, 2.75) is 63.3 Å². The highest BCUT2D eigenvalue weighted by atomic mass is 35.5. The number of benzene rings is 3. The highest BCUT2D eigenvalue weighted by molar-refractivity contribution is 6.38. The topological polar surface area (TPSA) is 90.5 Å². The van der Waals surface area contributed by atoms with Gasteiger partial charge in [0.15, 0.2) is 5.82 Å². The lowest BCUT2D eigenvalue weighted by Crippen LogP contribution is -2.46. The third kappa shape index (κ3) is 6.71. The van der Waals surface area contributed by atoms with Gasteiger partial charge in [0.05, 0.1) is 40.7 Å². The predicted molar refractivity (Wildman–Crippen MR) is 205 cm³/mol. The lowest BCUT2D eigenvalue weighted by Gasteiger charge is -2.38. The van der Waals surface area contributed by atoms with E-state index in [1.165, 1.54) is 0 Å². The van der Waals surface area contributed by atoms with Gasteiger partial charge in [-0.1, -0.05) is 59.6 Å². The van der Waals surface area contributed by atoms with E-state index in [1.54, 1.807) is 29.3 Å². The van der Waals surface area contributed by atoms with Gasteiger partial charge in [0.1, 0.15) is 11.6 Å². The number of pyridine rings is 1. The standard InChI is InChI=1S/C40H42Cl2FN7O2/c1-24(33-13-7-19-48(33)4)52-40-30-23-45-50(27-16-20-49(26(21-27)15-17-44)34(51)14-8-18-47(2)3)39(30)29-22-32(42)36(37(43)38(29)46-40)28-11-5-9-25-10-6-12-31(41)35(25)28/h5-6,8-12,14,22-24,26-27,33H,7,13,15-16,18-21H2,1-4H3/b14-8+/t24-,26+,27-,33-/m0/s1. The molecular formula is C40H42Cl2FN7O2. The molecule has 3 aromatic carbocycles. The summed E-state index contributed by atoms with van der Waals surface area (Å²) in [6.07, 6.45) is 8.29. The van der Waals surface area contributed by atoms with Crippen LogP contribution < -0.4 is 4.74 Å². The Labute approximate surface area is 313 Å². The number of aromatic nitrogens is 3. The van der Waals surface area contributed by atoms with E-state index in [0.29, 0.717) is 64.1 Å². The van der Waals surface area contributed by atoms with Crippen LogP contribution in [0.2, 0.25) is 10.0 Å². The fourth-order valence-electron chi connectivity index (χ4n) is 8.05. The number of carbonyl (C=O) groups is 1. The summed E-state index contributed by atoms with van der Waals surface area (Å²) in [5.41, 5.74) is 1.56. The van der Waals surface area contributed by atoms with Gasteiger partial charge in [-0.25, -0.2) is 9.37 Å². The smallest absolute Gasteiger partial charge is 0.246 e. The normalized spacial score (nSPS) is 20.4. The van der Waals surface area contributed by atoms with Crippen LogP contribution in [0.1, 0.15) is 45.1 Å². The van der Waals surface area contributed by atoms with E-state index in [2.05, 4.69) is 18.0 Å². The molecule has 4 atom stereocenters. The summed E-state index contributed by atoms with van der Waals surface area (Å²) >= 11 is 13.7. The number of piperidine rings is 1. The Hall–Kier alpha value is -4.27. The summed E-state index contributed by atoms with van der Waals surface area (Å²) in [5.74, 6) is -0.388. The molecule has 2 aliphatic rings. The molecule has 12 heteroatoms. The predicted octanol–water partition coefficient (Wildman–Crippen LogP) is 8.28. The van der Waals surface area contributed by atoms with Crippen LogP contribution >= 0.6 is 23.2 Å². The number of ether oxygens (including phenoxy) is 1. The van der Waals surface area contributed by atoms with Crippen molar-refractivity contribution in [3.05, 3.63) is 76.7 Å². The maximum atomic E-state index is 17.2. The Morgan fingerprint density at radius 1 is 1.15 bits per heavy atom. The van der Waals surface area contributed by atoms with Gasteiger partial charge in [-0.05, 0) is 83.4 Å². The van der Waals surface area contributed by atoms with Gasteiger partial charge in [-0.2, -0.15) is 10.4 Å². The molecule has 7 rings (SSSR count). The number of nitrogens with zero attached hydrogens (tertiary/aromatic N) is 7. The van der Waals surface area contributed by atoms with Crippen molar-refractivity contribution < 1.29 is 13.9 Å². The van der Waals surface area contributed by atoms with E-state index in [-0.39, 0.29) is 52.7 Å². The first kappa shape index (κ1) is 36.1. The Kier molecular flexibility index (Phi) is 10.4. The first-order chi connectivity index (χ1) is 25.1. The number of likely N-dealkylation sites (tertiary alicyclic amines) is 2. The average molecular weight is 743 g/mol. The first-order valence-corrected chi connectivity index (χ1v) is 18.5. The van der Waals surface area contributed by atoms with Gasteiger partial charge in [0, 0.05) is 52.6 Å². The van der Waals surface area contributed by atoms with Gasteiger partial charge in [0.2, 0.25) is 11.8 Å². The minimum Gasteiger partial charge on any atom is -0.472 e.